The van der Waals surface area contributed by atoms with Crippen LogP contribution in [0.4, 0.5) is 0 Å². The van der Waals surface area contributed by atoms with Crippen molar-refractivity contribution < 1.29 is 13.5 Å². The summed E-state index contributed by atoms with van der Waals surface area (Å²) < 4.78 is 26.7. The average molecular weight is 287 g/mol. The molecule has 1 fully saturated rings. The quantitative estimate of drug-likeness (QED) is 0.784. The van der Waals surface area contributed by atoms with Crippen molar-refractivity contribution in [3.8, 4) is 0 Å². The molecule has 7 heteroatoms. The lowest BCUT2D eigenvalue weighted by molar-refractivity contribution is 0.277. The maximum Gasteiger partial charge on any atom is 0.262 e. The topological polar surface area (TPSA) is 86.3 Å². The first-order valence-corrected chi connectivity index (χ1v) is 8.09. The fourth-order valence-corrected chi connectivity index (χ4v) is 3.86. The highest BCUT2D eigenvalue weighted by Gasteiger charge is 2.34. The minimum absolute atomic E-state index is 0.0263. The SMILES string of the molecule is CCCN(CC1CC1)S(=O)(=O)c1n[nH]c(C)c1CO. The second-order valence-electron chi connectivity index (χ2n) is 5.10. The van der Waals surface area contributed by atoms with Crippen LogP contribution in [-0.4, -0.2) is 41.1 Å². The highest BCUT2D eigenvalue weighted by atomic mass is 32.2. The van der Waals surface area contributed by atoms with Crippen LogP contribution in [0.2, 0.25) is 0 Å². The molecule has 0 unspecified atom stereocenters. The van der Waals surface area contributed by atoms with Gasteiger partial charge in [-0.3, -0.25) is 5.10 Å². The predicted octanol–water partition coefficient (Wildman–Crippen LogP) is 1.02. The standard InChI is InChI=1S/C12H21N3O3S/c1-3-6-15(7-10-4-5-10)19(17,18)12-11(8-16)9(2)13-14-12/h10,16H,3-8H2,1-2H3,(H,13,14). The van der Waals surface area contributed by atoms with Crippen molar-refractivity contribution in [2.45, 2.75) is 44.7 Å². The predicted molar refractivity (Wildman–Crippen MR) is 71.0 cm³/mol. The number of hydrogen-bond acceptors (Lipinski definition) is 4. The van der Waals surface area contributed by atoms with E-state index in [0.717, 1.165) is 19.3 Å². The fourth-order valence-electron chi connectivity index (χ4n) is 2.10. The number of nitrogens with zero attached hydrogens (tertiary/aromatic N) is 2. The van der Waals surface area contributed by atoms with Crippen LogP contribution in [0.15, 0.2) is 5.03 Å². The Labute approximate surface area is 113 Å². The Morgan fingerprint density at radius 1 is 1.47 bits per heavy atom. The lowest BCUT2D eigenvalue weighted by Gasteiger charge is -2.20. The Bertz CT molecular complexity index is 534. The van der Waals surface area contributed by atoms with E-state index in [1.807, 2.05) is 6.92 Å². The highest BCUT2D eigenvalue weighted by molar-refractivity contribution is 7.89. The monoisotopic (exact) mass is 287 g/mol. The van der Waals surface area contributed by atoms with Gasteiger partial charge in [-0.1, -0.05) is 6.92 Å². The molecule has 19 heavy (non-hydrogen) atoms. The van der Waals surface area contributed by atoms with E-state index in [-0.39, 0.29) is 11.6 Å². The first-order valence-electron chi connectivity index (χ1n) is 6.65. The third-order valence-electron chi connectivity index (χ3n) is 3.41. The number of nitrogens with one attached hydrogen (secondary N) is 1. The van der Waals surface area contributed by atoms with Gasteiger partial charge in [0.1, 0.15) is 0 Å². The largest absolute Gasteiger partial charge is 0.392 e. The van der Waals surface area contributed by atoms with Gasteiger partial charge in [-0.2, -0.15) is 9.40 Å². The van der Waals surface area contributed by atoms with Crippen LogP contribution in [0, 0.1) is 12.8 Å². The number of aliphatic hydroxyl groups excluding tert-OH is 1. The van der Waals surface area contributed by atoms with Crippen LogP contribution < -0.4 is 0 Å². The van der Waals surface area contributed by atoms with Crippen LogP contribution in [-0.2, 0) is 16.6 Å². The van der Waals surface area contributed by atoms with Gasteiger partial charge in [-0.05, 0) is 32.1 Å². The molecule has 0 aromatic carbocycles. The normalized spacial score (nSPS) is 16.2. The summed E-state index contributed by atoms with van der Waals surface area (Å²) in [5.74, 6) is 0.485. The Hall–Kier alpha value is -0.920. The summed E-state index contributed by atoms with van der Waals surface area (Å²) in [6.07, 6.45) is 2.97. The Morgan fingerprint density at radius 3 is 2.68 bits per heavy atom. The maximum absolute atomic E-state index is 12.6. The van der Waals surface area contributed by atoms with Crippen molar-refractivity contribution in [1.29, 1.82) is 0 Å². The minimum atomic E-state index is -3.61. The average Bonchev–Trinajstić information content (AvgIpc) is 3.09. The van der Waals surface area contributed by atoms with E-state index in [4.69, 9.17) is 0 Å². The fraction of sp³-hybridized carbons (Fsp3) is 0.750. The lowest BCUT2D eigenvalue weighted by Crippen LogP contribution is -2.34. The van der Waals surface area contributed by atoms with Crippen LogP contribution in [0.3, 0.4) is 0 Å². The molecular weight excluding hydrogens is 266 g/mol. The van der Waals surface area contributed by atoms with E-state index in [2.05, 4.69) is 10.2 Å². The molecule has 0 radical (unpaired) electrons. The van der Waals surface area contributed by atoms with Gasteiger partial charge in [-0.25, -0.2) is 8.42 Å². The Balaban J connectivity index is 2.31. The Kier molecular flexibility index (Phi) is 4.27. The third-order valence-corrected chi connectivity index (χ3v) is 5.25. The molecule has 1 saturated carbocycles. The van der Waals surface area contributed by atoms with E-state index in [0.29, 0.717) is 30.3 Å². The number of aromatic amines is 1. The van der Waals surface area contributed by atoms with Crippen molar-refractivity contribution in [2.75, 3.05) is 13.1 Å². The van der Waals surface area contributed by atoms with Gasteiger partial charge in [0.2, 0.25) is 0 Å². The molecule has 2 rings (SSSR count). The van der Waals surface area contributed by atoms with E-state index in [1.54, 1.807) is 6.92 Å². The smallest absolute Gasteiger partial charge is 0.262 e. The van der Waals surface area contributed by atoms with Crippen LogP contribution in [0.1, 0.15) is 37.4 Å². The number of hydrogen-bond donors (Lipinski definition) is 2. The second-order valence-corrected chi connectivity index (χ2v) is 6.95. The molecule has 0 aliphatic heterocycles. The summed E-state index contributed by atoms with van der Waals surface area (Å²) in [5.41, 5.74) is 0.973. The molecule has 108 valence electrons. The van der Waals surface area contributed by atoms with Gasteiger partial charge in [0, 0.05) is 24.3 Å². The number of aryl methyl sites for hydroxylation is 1. The van der Waals surface area contributed by atoms with E-state index in [1.165, 1.54) is 4.31 Å². The maximum atomic E-state index is 12.6. The van der Waals surface area contributed by atoms with Crippen molar-refractivity contribution >= 4 is 10.0 Å². The lowest BCUT2D eigenvalue weighted by atomic mass is 10.3. The number of sulfonamides is 1. The van der Waals surface area contributed by atoms with Crippen LogP contribution in [0.5, 0.6) is 0 Å². The number of aromatic nitrogens is 2. The summed E-state index contributed by atoms with van der Waals surface area (Å²) in [6, 6.07) is 0. The molecular formula is C12H21N3O3S. The molecule has 0 saturated heterocycles. The molecule has 1 aliphatic rings. The van der Waals surface area contributed by atoms with Crippen molar-refractivity contribution in [3.05, 3.63) is 11.3 Å². The summed E-state index contributed by atoms with van der Waals surface area (Å²) in [6.45, 7) is 4.41. The molecule has 1 heterocycles. The molecule has 1 aromatic rings. The van der Waals surface area contributed by atoms with Crippen molar-refractivity contribution in [1.82, 2.24) is 14.5 Å². The van der Waals surface area contributed by atoms with Crippen molar-refractivity contribution in [3.63, 3.8) is 0 Å². The van der Waals surface area contributed by atoms with E-state index >= 15 is 0 Å². The van der Waals surface area contributed by atoms with Gasteiger partial charge >= 0.3 is 0 Å². The van der Waals surface area contributed by atoms with Crippen LogP contribution >= 0.6 is 0 Å². The molecule has 1 aromatic heterocycles. The molecule has 2 N–H and O–H groups in total. The number of aliphatic hydroxyl groups is 1. The molecule has 6 nitrogen and oxygen atoms in total. The van der Waals surface area contributed by atoms with Gasteiger partial charge in [0.25, 0.3) is 10.0 Å². The number of H-pyrrole nitrogens is 1. The zero-order chi connectivity index (χ0) is 14.0. The molecule has 0 atom stereocenters. The van der Waals surface area contributed by atoms with Crippen molar-refractivity contribution in [2.24, 2.45) is 5.92 Å². The zero-order valence-electron chi connectivity index (χ0n) is 11.4. The first-order chi connectivity index (χ1) is 9.00. The number of rotatable bonds is 7. The first kappa shape index (κ1) is 14.5. The third kappa shape index (κ3) is 2.98. The van der Waals surface area contributed by atoms with Gasteiger partial charge in [-0.15, -0.1) is 0 Å². The second kappa shape index (κ2) is 5.60. The molecule has 0 amide bonds. The Morgan fingerprint density at radius 2 is 2.16 bits per heavy atom. The van der Waals surface area contributed by atoms with Gasteiger partial charge in [0.15, 0.2) is 5.03 Å². The van der Waals surface area contributed by atoms with Crippen LogP contribution in [0.25, 0.3) is 0 Å². The highest BCUT2D eigenvalue weighted by Crippen LogP contribution is 2.32. The van der Waals surface area contributed by atoms with Gasteiger partial charge in [0.05, 0.1) is 6.61 Å². The molecule has 0 spiro atoms. The summed E-state index contributed by atoms with van der Waals surface area (Å²) >= 11 is 0. The van der Waals surface area contributed by atoms with E-state index < -0.39 is 10.0 Å². The zero-order valence-corrected chi connectivity index (χ0v) is 12.2. The molecule has 0 bridgehead atoms. The summed E-state index contributed by atoms with van der Waals surface area (Å²) in [7, 11) is -3.61. The summed E-state index contributed by atoms with van der Waals surface area (Å²) in [5, 5.41) is 15.8. The van der Waals surface area contributed by atoms with Gasteiger partial charge < -0.3 is 5.11 Å². The summed E-state index contributed by atoms with van der Waals surface area (Å²) in [4.78, 5) is 0. The minimum Gasteiger partial charge on any atom is -0.392 e. The molecule has 1 aliphatic carbocycles. The van der Waals surface area contributed by atoms with E-state index in [9.17, 15) is 13.5 Å².